The van der Waals surface area contributed by atoms with Crippen LogP contribution in [0.3, 0.4) is 0 Å². The molecule has 0 aliphatic heterocycles. The van der Waals surface area contributed by atoms with E-state index < -0.39 is 0 Å². The highest BCUT2D eigenvalue weighted by Gasteiger charge is 2.21. The van der Waals surface area contributed by atoms with Crippen molar-refractivity contribution in [1.29, 1.82) is 0 Å². The predicted molar refractivity (Wildman–Crippen MR) is 117 cm³/mol. The molecule has 1 saturated carbocycles. The zero-order valence-corrected chi connectivity index (χ0v) is 17.7. The van der Waals surface area contributed by atoms with Crippen molar-refractivity contribution in [1.82, 2.24) is 4.90 Å². The van der Waals surface area contributed by atoms with Gasteiger partial charge in [-0.15, -0.1) is 0 Å². The van der Waals surface area contributed by atoms with Gasteiger partial charge in [0.25, 0.3) is 0 Å². The summed E-state index contributed by atoms with van der Waals surface area (Å²) in [5, 5.41) is 0.899. The van der Waals surface area contributed by atoms with Gasteiger partial charge in [0, 0.05) is 18.1 Å². The Balaban J connectivity index is 1.71. The molecule has 1 aliphatic rings. The Hall–Kier alpha value is -1.31. The number of halogens is 1. The minimum atomic E-state index is 0.869. The molecule has 3 rings (SSSR count). The minimum Gasteiger partial charge on any atom is -0.295 e. The summed E-state index contributed by atoms with van der Waals surface area (Å²) < 4.78 is 0. The van der Waals surface area contributed by atoms with Gasteiger partial charge in [-0.25, -0.2) is 0 Å². The maximum atomic E-state index is 6.54. The van der Waals surface area contributed by atoms with Gasteiger partial charge in [-0.05, 0) is 54.5 Å². The molecule has 27 heavy (non-hydrogen) atoms. The lowest BCUT2D eigenvalue weighted by atomic mass is 9.87. The smallest absolute Gasteiger partial charge is 0.0453 e. The van der Waals surface area contributed by atoms with E-state index in [0.29, 0.717) is 0 Å². The van der Waals surface area contributed by atoms with Crippen LogP contribution in [-0.4, -0.2) is 11.4 Å². The number of hydrogen-bond donors (Lipinski definition) is 0. The molecule has 2 aromatic rings. The summed E-state index contributed by atoms with van der Waals surface area (Å²) >= 11 is 6.54. The fraction of sp³-hybridized carbons (Fsp3) is 0.520. The lowest BCUT2D eigenvalue weighted by Crippen LogP contribution is -2.27. The van der Waals surface area contributed by atoms with E-state index in [9.17, 15) is 0 Å². The Bertz CT molecular complexity index is 676. The summed E-state index contributed by atoms with van der Waals surface area (Å²) in [5.41, 5.74) is 3.96. The quantitative estimate of drug-likeness (QED) is 0.455. The largest absolute Gasteiger partial charge is 0.295 e. The zero-order chi connectivity index (χ0) is 19.1. The highest BCUT2D eigenvalue weighted by atomic mass is 35.5. The molecule has 2 unspecified atom stereocenters. The van der Waals surface area contributed by atoms with E-state index in [2.05, 4.69) is 61.2 Å². The molecule has 0 saturated heterocycles. The Morgan fingerprint density at radius 3 is 2.48 bits per heavy atom. The van der Waals surface area contributed by atoms with Crippen molar-refractivity contribution in [3.63, 3.8) is 0 Å². The predicted octanol–water partition coefficient (Wildman–Crippen LogP) is 7.26. The molecule has 0 aromatic heterocycles. The van der Waals surface area contributed by atoms with Gasteiger partial charge >= 0.3 is 0 Å². The Kier molecular flexibility index (Phi) is 7.79. The molecule has 1 fully saturated rings. The summed E-state index contributed by atoms with van der Waals surface area (Å²) in [4.78, 5) is 2.60. The molecule has 0 spiro atoms. The van der Waals surface area contributed by atoms with Crippen molar-refractivity contribution in [2.24, 2.45) is 11.8 Å². The van der Waals surface area contributed by atoms with Gasteiger partial charge in [-0.1, -0.05) is 93.1 Å². The molecule has 2 heteroatoms. The molecule has 0 radical (unpaired) electrons. The average Bonchev–Trinajstić information content (AvgIpc) is 2.87. The summed E-state index contributed by atoms with van der Waals surface area (Å²) in [5.74, 6) is 1.74. The number of rotatable bonds is 7. The number of benzene rings is 2. The van der Waals surface area contributed by atoms with Crippen LogP contribution in [0.15, 0.2) is 48.5 Å². The van der Waals surface area contributed by atoms with Crippen LogP contribution >= 0.6 is 11.6 Å². The second-order valence-corrected chi connectivity index (χ2v) is 8.80. The van der Waals surface area contributed by atoms with Crippen LogP contribution in [0.2, 0.25) is 5.02 Å². The van der Waals surface area contributed by atoms with Gasteiger partial charge in [-0.3, -0.25) is 4.90 Å². The first-order valence-corrected chi connectivity index (χ1v) is 11.0. The van der Waals surface area contributed by atoms with Gasteiger partial charge in [0.15, 0.2) is 0 Å². The normalized spacial score (nSPS) is 20.6. The van der Waals surface area contributed by atoms with Crippen LogP contribution < -0.4 is 0 Å². The topological polar surface area (TPSA) is 3.24 Å². The highest BCUT2D eigenvalue weighted by molar-refractivity contribution is 6.31. The van der Waals surface area contributed by atoms with Crippen LogP contribution in [0, 0.1) is 18.8 Å². The second-order valence-electron chi connectivity index (χ2n) is 8.40. The maximum absolute atomic E-state index is 6.54. The third kappa shape index (κ3) is 6.09. The standard InChI is InChI=1S/C25H34ClN/c1-20-10-5-3-8-14-23(20)16-17-27(18-22-12-6-4-7-13-22)19-24-21(2)11-9-15-25(24)26/h4,6-7,9,11-13,15,20,23H,3,5,8,10,14,16-19H2,1-2H3. The Morgan fingerprint density at radius 2 is 1.70 bits per heavy atom. The first-order chi connectivity index (χ1) is 13.1. The van der Waals surface area contributed by atoms with Crippen molar-refractivity contribution in [2.45, 2.75) is 65.5 Å². The van der Waals surface area contributed by atoms with E-state index in [-0.39, 0.29) is 0 Å². The Labute approximate surface area is 170 Å². The lowest BCUT2D eigenvalue weighted by molar-refractivity contribution is 0.209. The number of aryl methyl sites for hydroxylation is 1. The van der Waals surface area contributed by atoms with E-state index in [1.165, 1.54) is 55.2 Å². The molecule has 0 amide bonds. The first kappa shape index (κ1) is 20.4. The van der Waals surface area contributed by atoms with Gasteiger partial charge in [-0.2, -0.15) is 0 Å². The van der Waals surface area contributed by atoms with Crippen LogP contribution in [-0.2, 0) is 13.1 Å². The lowest BCUT2D eigenvalue weighted by Gasteiger charge is -2.28. The molecule has 1 nitrogen and oxygen atoms in total. The highest BCUT2D eigenvalue weighted by Crippen LogP contribution is 2.31. The number of hydrogen-bond acceptors (Lipinski definition) is 1. The minimum absolute atomic E-state index is 0.869. The van der Waals surface area contributed by atoms with Gasteiger partial charge < -0.3 is 0 Å². The van der Waals surface area contributed by atoms with Crippen LogP contribution in [0.1, 0.15) is 62.1 Å². The fourth-order valence-electron chi connectivity index (χ4n) is 4.49. The van der Waals surface area contributed by atoms with Crippen molar-refractivity contribution < 1.29 is 0 Å². The van der Waals surface area contributed by atoms with E-state index in [1.54, 1.807) is 0 Å². The van der Waals surface area contributed by atoms with Crippen molar-refractivity contribution in [3.05, 3.63) is 70.2 Å². The molecule has 2 atom stereocenters. The zero-order valence-electron chi connectivity index (χ0n) is 17.0. The van der Waals surface area contributed by atoms with E-state index in [1.807, 2.05) is 6.07 Å². The fourth-order valence-corrected chi connectivity index (χ4v) is 4.77. The second kappa shape index (κ2) is 10.3. The first-order valence-electron chi connectivity index (χ1n) is 10.6. The third-order valence-electron chi connectivity index (χ3n) is 6.34. The van der Waals surface area contributed by atoms with Crippen LogP contribution in [0.25, 0.3) is 0 Å². The molecule has 2 aromatic carbocycles. The molecular weight excluding hydrogens is 350 g/mol. The molecule has 0 bridgehead atoms. The van der Waals surface area contributed by atoms with Gasteiger partial charge in [0.05, 0.1) is 0 Å². The monoisotopic (exact) mass is 383 g/mol. The summed E-state index contributed by atoms with van der Waals surface area (Å²) in [6, 6.07) is 17.1. The van der Waals surface area contributed by atoms with E-state index in [4.69, 9.17) is 11.6 Å². The molecule has 146 valence electrons. The number of nitrogens with zero attached hydrogens (tertiary/aromatic N) is 1. The van der Waals surface area contributed by atoms with Crippen molar-refractivity contribution in [3.8, 4) is 0 Å². The molecule has 0 heterocycles. The van der Waals surface area contributed by atoms with Crippen molar-refractivity contribution in [2.75, 3.05) is 6.54 Å². The third-order valence-corrected chi connectivity index (χ3v) is 6.69. The average molecular weight is 384 g/mol. The van der Waals surface area contributed by atoms with Gasteiger partial charge in [0.2, 0.25) is 0 Å². The summed E-state index contributed by atoms with van der Waals surface area (Å²) in [7, 11) is 0. The maximum Gasteiger partial charge on any atom is 0.0453 e. The van der Waals surface area contributed by atoms with Crippen LogP contribution in [0.5, 0.6) is 0 Å². The molecule has 1 aliphatic carbocycles. The Morgan fingerprint density at radius 1 is 0.926 bits per heavy atom. The van der Waals surface area contributed by atoms with E-state index >= 15 is 0 Å². The molecular formula is C25H34ClN. The summed E-state index contributed by atoms with van der Waals surface area (Å²) in [6.45, 7) is 7.72. The SMILES string of the molecule is Cc1cccc(Cl)c1CN(CCC1CCCCCC1C)Cc1ccccc1. The van der Waals surface area contributed by atoms with Crippen LogP contribution in [0.4, 0.5) is 0 Å². The van der Waals surface area contributed by atoms with E-state index in [0.717, 1.165) is 36.5 Å². The van der Waals surface area contributed by atoms with Gasteiger partial charge in [0.1, 0.15) is 0 Å². The summed E-state index contributed by atoms with van der Waals surface area (Å²) in [6.07, 6.45) is 8.38. The van der Waals surface area contributed by atoms with Crippen molar-refractivity contribution >= 4 is 11.6 Å². The molecule has 0 N–H and O–H groups in total.